The predicted octanol–water partition coefficient (Wildman–Crippen LogP) is 2.33. The SMILES string of the molecule is O=C(COC(=O)CCNS(=O)(=O)c1ccccc1Cl)Nc1ccc(F)cc1. The summed E-state index contributed by atoms with van der Waals surface area (Å²) in [7, 11) is -3.86. The first-order chi connectivity index (χ1) is 12.8. The molecule has 0 aromatic heterocycles. The average Bonchev–Trinajstić information content (AvgIpc) is 2.62. The van der Waals surface area contributed by atoms with Crippen LogP contribution in [0.3, 0.4) is 0 Å². The second-order valence-electron chi connectivity index (χ2n) is 5.29. The molecule has 0 atom stereocenters. The maximum Gasteiger partial charge on any atom is 0.307 e. The van der Waals surface area contributed by atoms with E-state index >= 15 is 0 Å². The molecule has 7 nitrogen and oxygen atoms in total. The molecule has 0 bridgehead atoms. The molecule has 2 N–H and O–H groups in total. The van der Waals surface area contributed by atoms with E-state index in [9.17, 15) is 22.4 Å². The average molecular weight is 415 g/mol. The highest BCUT2D eigenvalue weighted by molar-refractivity contribution is 7.89. The van der Waals surface area contributed by atoms with E-state index < -0.39 is 34.3 Å². The topological polar surface area (TPSA) is 102 Å². The Kier molecular flexibility index (Phi) is 7.28. The van der Waals surface area contributed by atoms with Crippen LogP contribution in [0, 0.1) is 5.82 Å². The minimum absolute atomic E-state index is 0.0602. The van der Waals surface area contributed by atoms with Crippen LogP contribution >= 0.6 is 11.6 Å². The molecule has 0 aliphatic heterocycles. The molecule has 0 radical (unpaired) electrons. The van der Waals surface area contributed by atoms with E-state index in [4.69, 9.17) is 16.3 Å². The van der Waals surface area contributed by atoms with E-state index in [0.29, 0.717) is 5.69 Å². The van der Waals surface area contributed by atoms with Crippen LogP contribution in [-0.2, 0) is 24.3 Å². The van der Waals surface area contributed by atoms with Gasteiger partial charge in [0.25, 0.3) is 5.91 Å². The third-order valence-electron chi connectivity index (χ3n) is 3.24. The van der Waals surface area contributed by atoms with Gasteiger partial charge in [-0.05, 0) is 36.4 Å². The quantitative estimate of drug-likeness (QED) is 0.645. The lowest BCUT2D eigenvalue weighted by molar-refractivity contribution is -0.147. The van der Waals surface area contributed by atoms with Crippen molar-refractivity contribution in [3.05, 3.63) is 59.4 Å². The summed E-state index contributed by atoms with van der Waals surface area (Å²) in [5, 5.41) is 2.48. The van der Waals surface area contributed by atoms with Gasteiger partial charge in [-0.1, -0.05) is 23.7 Å². The second kappa shape index (κ2) is 9.45. The molecule has 0 heterocycles. The van der Waals surface area contributed by atoms with Gasteiger partial charge in [0.2, 0.25) is 10.0 Å². The van der Waals surface area contributed by atoms with Crippen LogP contribution in [0.1, 0.15) is 6.42 Å². The number of anilines is 1. The van der Waals surface area contributed by atoms with Crippen molar-refractivity contribution < 1.29 is 27.1 Å². The van der Waals surface area contributed by atoms with Gasteiger partial charge < -0.3 is 10.1 Å². The van der Waals surface area contributed by atoms with E-state index in [2.05, 4.69) is 10.0 Å². The summed E-state index contributed by atoms with van der Waals surface area (Å²) in [6, 6.07) is 11.0. The summed E-state index contributed by atoms with van der Waals surface area (Å²) in [4.78, 5) is 23.2. The number of carbonyl (C=O) groups excluding carboxylic acids is 2. The zero-order valence-corrected chi connectivity index (χ0v) is 15.5. The lowest BCUT2D eigenvalue weighted by Gasteiger charge is -2.09. The third kappa shape index (κ3) is 6.63. The number of esters is 1. The van der Waals surface area contributed by atoms with Crippen molar-refractivity contribution >= 4 is 39.2 Å². The van der Waals surface area contributed by atoms with Crippen molar-refractivity contribution in [2.24, 2.45) is 0 Å². The first-order valence-electron chi connectivity index (χ1n) is 7.73. The Morgan fingerprint density at radius 3 is 2.41 bits per heavy atom. The fraction of sp³-hybridized carbons (Fsp3) is 0.176. The van der Waals surface area contributed by atoms with Crippen LogP contribution in [0.5, 0.6) is 0 Å². The van der Waals surface area contributed by atoms with Crippen LogP contribution < -0.4 is 10.0 Å². The van der Waals surface area contributed by atoms with Gasteiger partial charge >= 0.3 is 5.97 Å². The Bertz CT molecular complexity index is 919. The highest BCUT2D eigenvalue weighted by atomic mass is 35.5. The highest BCUT2D eigenvalue weighted by Crippen LogP contribution is 2.19. The Morgan fingerprint density at radius 1 is 1.07 bits per heavy atom. The van der Waals surface area contributed by atoms with Gasteiger partial charge in [0.1, 0.15) is 10.7 Å². The van der Waals surface area contributed by atoms with Crippen molar-refractivity contribution in [2.45, 2.75) is 11.3 Å². The number of sulfonamides is 1. The normalized spacial score (nSPS) is 11.0. The Morgan fingerprint density at radius 2 is 1.74 bits per heavy atom. The third-order valence-corrected chi connectivity index (χ3v) is 5.20. The Labute approximate surface area is 160 Å². The van der Waals surface area contributed by atoms with E-state index in [1.54, 1.807) is 6.07 Å². The summed E-state index contributed by atoms with van der Waals surface area (Å²) >= 11 is 5.83. The lowest BCUT2D eigenvalue weighted by Crippen LogP contribution is -2.28. The summed E-state index contributed by atoms with van der Waals surface area (Å²) in [6.07, 6.45) is -0.270. The molecule has 0 aliphatic rings. The monoisotopic (exact) mass is 414 g/mol. The number of benzene rings is 2. The lowest BCUT2D eigenvalue weighted by atomic mass is 10.3. The molecule has 144 valence electrons. The molecule has 1 amide bonds. The fourth-order valence-electron chi connectivity index (χ4n) is 1.98. The van der Waals surface area contributed by atoms with Gasteiger partial charge in [-0.3, -0.25) is 9.59 Å². The number of halogens is 2. The van der Waals surface area contributed by atoms with Gasteiger partial charge in [-0.15, -0.1) is 0 Å². The molecule has 0 unspecified atom stereocenters. The van der Waals surface area contributed by atoms with Crippen molar-refractivity contribution in [1.29, 1.82) is 0 Å². The van der Waals surface area contributed by atoms with E-state index in [1.807, 2.05) is 0 Å². The summed E-state index contributed by atoms with van der Waals surface area (Å²) in [5.41, 5.74) is 0.352. The number of carbonyl (C=O) groups is 2. The zero-order chi connectivity index (χ0) is 19.9. The molecular weight excluding hydrogens is 399 g/mol. The molecule has 10 heteroatoms. The number of nitrogens with one attached hydrogen (secondary N) is 2. The molecule has 0 saturated carbocycles. The van der Waals surface area contributed by atoms with Crippen molar-refractivity contribution in [2.75, 3.05) is 18.5 Å². The van der Waals surface area contributed by atoms with Crippen LogP contribution in [-0.4, -0.2) is 33.4 Å². The van der Waals surface area contributed by atoms with Gasteiger partial charge in [-0.2, -0.15) is 0 Å². The van der Waals surface area contributed by atoms with E-state index in [1.165, 1.54) is 42.5 Å². The molecule has 0 fully saturated rings. The molecule has 0 aliphatic carbocycles. The highest BCUT2D eigenvalue weighted by Gasteiger charge is 2.17. The molecule has 0 saturated heterocycles. The van der Waals surface area contributed by atoms with Crippen LogP contribution in [0.15, 0.2) is 53.4 Å². The van der Waals surface area contributed by atoms with Crippen LogP contribution in [0.25, 0.3) is 0 Å². The molecule has 0 spiro atoms. The number of ether oxygens (including phenoxy) is 1. The zero-order valence-electron chi connectivity index (χ0n) is 13.9. The molecule has 2 rings (SSSR count). The van der Waals surface area contributed by atoms with E-state index in [-0.39, 0.29) is 22.9 Å². The number of rotatable bonds is 8. The van der Waals surface area contributed by atoms with Crippen molar-refractivity contribution in [3.63, 3.8) is 0 Å². The van der Waals surface area contributed by atoms with Crippen LogP contribution in [0.4, 0.5) is 10.1 Å². The van der Waals surface area contributed by atoms with Crippen LogP contribution in [0.2, 0.25) is 5.02 Å². The number of hydrogen-bond donors (Lipinski definition) is 2. The maximum atomic E-state index is 12.8. The first kappa shape index (κ1) is 20.8. The number of amides is 1. The van der Waals surface area contributed by atoms with Gasteiger partial charge in [-0.25, -0.2) is 17.5 Å². The minimum Gasteiger partial charge on any atom is -0.456 e. The van der Waals surface area contributed by atoms with Gasteiger partial charge in [0.05, 0.1) is 11.4 Å². The maximum absolute atomic E-state index is 12.8. The molecule has 2 aromatic rings. The largest absolute Gasteiger partial charge is 0.456 e. The summed E-state index contributed by atoms with van der Waals surface area (Å²) in [5.74, 6) is -1.81. The Hall–Kier alpha value is -2.49. The molecular formula is C17H16ClFN2O5S. The summed E-state index contributed by atoms with van der Waals surface area (Å²) < 4.78 is 43.9. The van der Waals surface area contributed by atoms with Gasteiger partial charge in [0, 0.05) is 12.2 Å². The van der Waals surface area contributed by atoms with E-state index in [0.717, 1.165) is 0 Å². The first-order valence-corrected chi connectivity index (χ1v) is 9.59. The fourth-order valence-corrected chi connectivity index (χ4v) is 3.53. The second-order valence-corrected chi connectivity index (χ2v) is 7.44. The van der Waals surface area contributed by atoms with Gasteiger partial charge in [0.15, 0.2) is 6.61 Å². The van der Waals surface area contributed by atoms with Crippen molar-refractivity contribution in [1.82, 2.24) is 4.72 Å². The Balaban J connectivity index is 1.74. The predicted molar refractivity (Wildman–Crippen MR) is 97.2 cm³/mol. The summed E-state index contributed by atoms with van der Waals surface area (Å²) in [6.45, 7) is -0.764. The number of hydrogen-bond acceptors (Lipinski definition) is 5. The minimum atomic E-state index is -3.86. The van der Waals surface area contributed by atoms with Crippen molar-refractivity contribution in [3.8, 4) is 0 Å². The molecule has 2 aromatic carbocycles. The standard InChI is InChI=1S/C17H16ClFN2O5S/c18-14-3-1-2-4-15(14)27(24,25)20-10-9-17(23)26-11-16(22)21-13-7-5-12(19)6-8-13/h1-8,20H,9-11H2,(H,21,22). The molecule has 27 heavy (non-hydrogen) atoms. The smallest absolute Gasteiger partial charge is 0.307 e.